The van der Waals surface area contributed by atoms with Crippen LogP contribution in [0.3, 0.4) is 0 Å². The van der Waals surface area contributed by atoms with E-state index >= 15 is 0 Å². The summed E-state index contributed by atoms with van der Waals surface area (Å²) >= 11 is 6.77. The van der Waals surface area contributed by atoms with Crippen molar-refractivity contribution in [1.29, 1.82) is 5.26 Å². The number of nitriles is 1. The van der Waals surface area contributed by atoms with Crippen molar-refractivity contribution in [3.05, 3.63) is 21.7 Å². The zero-order valence-corrected chi connectivity index (χ0v) is 21.6. The van der Waals surface area contributed by atoms with Gasteiger partial charge in [-0.1, -0.05) is 11.6 Å². The maximum absolute atomic E-state index is 12.7. The zero-order chi connectivity index (χ0) is 25.8. The first kappa shape index (κ1) is 25.4. The Morgan fingerprint density at radius 3 is 2.37 bits per heavy atom. The van der Waals surface area contributed by atoms with Crippen LogP contribution < -0.4 is 14.8 Å². The highest BCUT2D eigenvalue weighted by atomic mass is 35.5. The van der Waals surface area contributed by atoms with Gasteiger partial charge in [-0.3, -0.25) is 0 Å². The highest BCUT2D eigenvalue weighted by molar-refractivity contribution is 6.34. The summed E-state index contributed by atoms with van der Waals surface area (Å²) in [6.45, 7) is 9.16. The zero-order valence-electron chi connectivity index (χ0n) is 20.9. The molecule has 2 fully saturated rings. The molecule has 0 bridgehead atoms. The average molecular weight is 507 g/mol. The molecular weight excluding hydrogens is 476 g/mol. The third-order valence-corrected chi connectivity index (χ3v) is 6.97. The van der Waals surface area contributed by atoms with Crippen molar-refractivity contribution < 1.29 is 33.3 Å². The Balaban J connectivity index is 1.55. The molecule has 0 spiro atoms. The fourth-order valence-corrected chi connectivity index (χ4v) is 5.07. The van der Waals surface area contributed by atoms with Gasteiger partial charge in [0.2, 0.25) is 0 Å². The molecule has 2 aliphatic heterocycles. The Kier molecular flexibility index (Phi) is 6.35. The molecule has 1 saturated heterocycles. The lowest BCUT2D eigenvalue weighted by atomic mass is 9.89. The van der Waals surface area contributed by atoms with Crippen LogP contribution in [0.2, 0.25) is 5.02 Å². The molecule has 10 heteroatoms. The quantitative estimate of drug-likeness (QED) is 0.591. The van der Waals surface area contributed by atoms with Crippen LogP contribution in [0.4, 0.5) is 4.79 Å². The van der Waals surface area contributed by atoms with Crippen LogP contribution in [0.25, 0.3) is 0 Å². The molecule has 35 heavy (non-hydrogen) atoms. The van der Waals surface area contributed by atoms with Gasteiger partial charge in [0.15, 0.2) is 11.5 Å². The summed E-state index contributed by atoms with van der Waals surface area (Å²) in [4.78, 5) is 24.8. The minimum absolute atomic E-state index is 0.189. The van der Waals surface area contributed by atoms with Crippen molar-refractivity contribution in [3.63, 3.8) is 0 Å². The van der Waals surface area contributed by atoms with Gasteiger partial charge >= 0.3 is 12.1 Å². The van der Waals surface area contributed by atoms with Crippen LogP contribution in [-0.2, 0) is 19.6 Å². The van der Waals surface area contributed by atoms with E-state index in [2.05, 4.69) is 11.4 Å². The molecule has 2 heterocycles. The number of nitrogens with zero attached hydrogens (tertiary/aromatic N) is 1. The average Bonchev–Trinajstić information content (AvgIpc) is 3.49. The van der Waals surface area contributed by atoms with Gasteiger partial charge in [0.25, 0.3) is 5.79 Å². The van der Waals surface area contributed by atoms with Crippen molar-refractivity contribution in [2.45, 2.75) is 89.3 Å². The lowest BCUT2D eigenvalue weighted by Crippen LogP contribution is -2.54. The molecule has 1 saturated carbocycles. The summed E-state index contributed by atoms with van der Waals surface area (Å²) in [5, 5.41) is 12.8. The molecule has 1 aromatic carbocycles. The largest absolute Gasteiger partial charge is 0.465 e. The number of hydrogen-bond acceptors (Lipinski definition) is 8. The molecule has 1 unspecified atom stereocenters. The van der Waals surface area contributed by atoms with Gasteiger partial charge in [-0.25, -0.2) is 9.59 Å². The maximum Gasteiger partial charge on any atom is 0.407 e. The second kappa shape index (κ2) is 8.75. The fraction of sp³-hybridized carbons (Fsp3) is 0.640. The van der Waals surface area contributed by atoms with Gasteiger partial charge in [0.1, 0.15) is 11.7 Å². The van der Waals surface area contributed by atoms with Crippen molar-refractivity contribution in [2.24, 2.45) is 0 Å². The number of nitrogens with one attached hydrogen (secondary N) is 1. The van der Waals surface area contributed by atoms with Crippen LogP contribution in [0, 0.1) is 18.3 Å². The van der Waals surface area contributed by atoms with Crippen LogP contribution >= 0.6 is 11.6 Å². The number of rotatable bonds is 4. The highest BCUT2D eigenvalue weighted by Gasteiger charge is 2.54. The normalized spacial score (nSPS) is 26.5. The second-order valence-corrected chi connectivity index (χ2v) is 10.9. The number of hydrogen-bond donors (Lipinski definition) is 1. The molecule has 190 valence electrons. The summed E-state index contributed by atoms with van der Waals surface area (Å²) in [6.07, 6.45) is 1.42. The number of alkyl carbamates (subject to hydrolysis) is 1. The number of carbonyl (C=O) groups excluding carboxylic acids is 2. The monoisotopic (exact) mass is 506 g/mol. The van der Waals surface area contributed by atoms with E-state index in [1.807, 2.05) is 0 Å². The fourth-order valence-electron chi connectivity index (χ4n) is 4.67. The Bertz CT molecular complexity index is 1090. The highest BCUT2D eigenvalue weighted by Crippen LogP contribution is 2.59. The van der Waals surface area contributed by atoms with Crippen LogP contribution in [0.15, 0.2) is 0 Å². The minimum atomic E-state index is -1.21. The molecule has 9 nitrogen and oxygen atoms in total. The number of ether oxygens (including phenoxy) is 5. The van der Waals surface area contributed by atoms with Gasteiger partial charge in [-0.15, -0.1) is 0 Å². The minimum Gasteiger partial charge on any atom is -0.465 e. The van der Waals surface area contributed by atoms with Crippen molar-refractivity contribution >= 4 is 23.7 Å². The topological polar surface area (TPSA) is 116 Å². The van der Waals surface area contributed by atoms with E-state index in [1.54, 1.807) is 34.6 Å². The number of amides is 1. The number of fused-ring (bicyclic) bond motifs is 1. The first-order chi connectivity index (χ1) is 16.3. The molecule has 0 radical (unpaired) electrons. The Morgan fingerprint density at radius 2 is 1.86 bits per heavy atom. The van der Waals surface area contributed by atoms with Gasteiger partial charge in [-0.05, 0) is 53.4 Å². The van der Waals surface area contributed by atoms with Crippen LogP contribution in [-0.4, -0.2) is 49.3 Å². The third kappa shape index (κ3) is 4.62. The molecule has 1 amide bonds. The lowest BCUT2D eigenvalue weighted by Gasteiger charge is -2.37. The van der Waals surface area contributed by atoms with Gasteiger partial charge < -0.3 is 29.0 Å². The first-order valence-electron chi connectivity index (χ1n) is 11.7. The van der Waals surface area contributed by atoms with E-state index in [0.717, 1.165) is 0 Å². The molecule has 1 N–H and O–H groups in total. The van der Waals surface area contributed by atoms with Crippen LogP contribution in [0.1, 0.15) is 74.9 Å². The van der Waals surface area contributed by atoms with E-state index in [9.17, 15) is 14.9 Å². The van der Waals surface area contributed by atoms with Crippen LogP contribution in [0.5, 0.6) is 11.5 Å². The van der Waals surface area contributed by atoms with E-state index in [-0.39, 0.29) is 23.2 Å². The van der Waals surface area contributed by atoms with Gasteiger partial charge in [0.05, 0.1) is 41.8 Å². The Hall–Kier alpha value is -2.70. The molecule has 3 atom stereocenters. The standard InChI is InChI=1S/C25H31ClN2O7/c1-13-16(21(29)31-6)17(25(12-27)9-10-25)18(26)20-19(13)33-24(5,34-20)15-8-7-14(11-32-15)28-22(30)35-23(2,3)4/h14-15H,7-11H2,1-6H3,(H,28,30)/t14-,15+,24?/m1/s1. The van der Waals surface area contributed by atoms with E-state index in [0.29, 0.717) is 48.3 Å². The third-order valence-electron chi connectivity index (χ3n) is 6.61. The molecule has 1 aliphatic carbocycles. The summed E-state index contributed by atoms with van der Waals surface area (Å²) in [5.41, 5.74) is -0.240. The molecule has 1 aromatic rings. The van der Waals surface area contributed by atoms with Crippen molar-refractivity contribution in [1.82, 2.24) is 5.32 Å². The van der Waals surface area contributed by atoms with E-state index in [1.165, 1.54) is 7.11 Å². The van der Waals surface area contributed by atoms with Gasteiger partial charge in [0, 0.05) is 18.1 Å². The van der Waals surface area contributed by atoms with E-state index in [4.69, 9.17) is 35.3 Å². The van der Waals surface area contributed by atoms with E-state index < -0.39 is 35.0 Å². The Morgan fingerprint density at radius 1 is 1.20 bits per heavy atom. The molecule has 0 aromatic heterocycles. The van der Waals surface area contributed by atoms with Crippen molar-refractivity contribution in [3.8, 4) is 17.6 Å². The number of methoxy groups -OCH3 is 1. The first-order valence-corrected chi connectivity index (χ1v) is 12.1. The summed E-state index contributed by atoms with van der Waals surface area (Å²) in [7, 11) is 1.29. The number of esters is 1. The number of carbonyl (C=O) groups is 2. The SMILES string of the molecule is COC(=O)c1c(C)c2c(c(Cl)c1C1(C#N)CC1)OC(C)([C@@H]1CC[C@@H](NC(=O)OC(C)(C)C)CO1)O2. The molecule has 3 aliphatic rings. The van der Waals surface area contributed by atoms with Gasteiger partial charge in [-0.2, -0.15) is 5.26 Å². The predicted molar refractivity (Wildman–Crippen MR) is 126 cm³/mol. The summed E-state index contributed by atoms with van der Waals surface area (Å²) in [6, 6.07) is 2.10. The number of halogens is 1. The maximum atomic E-state index is 12.7. The molecule has 4 rings (SSSR count). The smallest absolute Gasteiger partial charge is 0.407 e. The predicted octanol–water partition coefficient (Wildman–Crippen LogP) is 4.55. The summed E-state index contributed by atoms with van der Waals surface area (Å²) in [5.74, 6) is -1.14. The lowest BCUT2D eigenvalue weighted by molar-refractivity contribution is -0.185. The van der Waals surface area contributed by atoms with Crippen molar-refractivity contribution in [2.75, 3.05) is 13.7 Å². The summed E-state index contributed by atoms with van der Waals surface area (Å²) < 4.78 is 28.9. The Labute approximate surface area is 209 Å². The number of benzene rings is 1. The second-order valence-electron chi connectivity index (χ2n) is 10.5. The molecular formula is C25H31ClN2O7.